The van der Waals surface area contributed by atoms with Crippen molar-refractivity contribution < 1.29 is 9.53 Å². The molecule has 0 radical (unpaired) electrons. The Hall–Kier alpha value is -3.09. The summed E-state index contributed by atoms with van der Waals surface area (Å²) < 4.78 is 8.63. The highest BCUT2D eigenvalue weighted by Crippen LogP contribution is 2.23. The number of amides is 1. The van der Waals surface area contributed by atoms with Gasteiger partial charge in [0.25, 0.3) is 5.91 Å². The van der Waals surface area contributed by atoms with Crippen LogP contribution in [-0.4, -0.2) is 33.7 Å². The van der Waals surface area contributed by atoms with E-state index >= 15 is 0 Å². The Morgan fingerprint density at radius 1 is 1.23 bits per heavy atom. The van der Waals surface area contributed by atoms with Crippen LogP contribution in [0.4, 0.5) is 0 Å². The largest absolute Gasteiger partial charge is 0.497 e. The molecule has 0 bridgehead atoms. The summed E-state index contributed by atoms with van der Waals surface area (Å²) in [5.41, 5.74) is 2.73. The standard InChI is InChI=1S/C19H22N4O3/c1-12-9-13(2)23(19(25)21-12)8-7-20-18(24)17-11-14-10-15(26-4)5-6-16(14)22(17)3/h5-6,9-11H,7-8H2,1-4H3,(H,20,24). The van der Waals surface area contributed by atoms with Crippen molar-refractivity contribution in [2.24, 2.45) is 7.05 Å². The number of carbonyl (C=O) groups is 1. The monoisotopic (exact) mass is 354 g/mol. The minimum atomic E-state index is -0.298. The molecular weight excluding hydrogens is 332 g/mol. The SMILES string of the molecule is COc1ccc2c(c1)cc(C(=O)NCCn1c(C)cc(C)nc1=O)n2C. The number of methoxy groups -OCH3 is 1. The summed E-state index contributed by atoms with van der Waals surface area (Å²) in [5.74, 6) is 0.560. The lowest BCUT2D eigenvalue weighted by molar-refractivity contribution is 0.0944. The molecule has 26 heavy (non-hydrogen) atoms. The van der Waals surface area contributed by atoms with Crippen LogP contribution in [0.25, 0.3) is 10.9 Å². The van der Waals surface area contributed by atoms with E-state index in [9.17, 15) is 9.59 Å². The van der Waals surface area contributed by atoms with Gasteiger partial charge in [-0.25, -0.2) is 4.79 Å². The predicted molar refractivity (Wildman–Crippen MR) is 99.8 cm³/mol. The van der Waals surface area contributed by atoms with E-state index in [0.717, 1.165) is 22.3 Å². The molecule has 0 spiro atoms. The van der Waals surface area contributed by atoms with Crippen LogP contribution in [0.3, 0.4) is 0 Å². The van der Waals surface area contributed by atoms with Gasteiger partial charge in [0.15, 0.2) is 0 Å². The Kier molecular flexibility index (Phi) is 4.79. The van der Waals surface area contributed by atoms with Gasteiger partial charge in [-0.05, 0) is 44.2 Å². The second-order valence-corrected chi connectivity index (χ2v) is 6.24. The van der Waals surface area contributed by atoms with Gasteiger partial charge in [-0.2, -0.15) is 4.98 Å². The van der Waals surface area contributed by atoms with Gasteiger partial charge in [-0.15, -0.1) is 0 Å². The molecule has 3 aromatic rings. The third-order valence-corrected chi connectivity index (χ3v) is 4.45. The average molecular weight is 354 g/mol. The van der Waals surface area contributed by atoms with Crippen molar-refractivity contribution >= 4 is 16.8 Å². The first-order chi connectivity index (χ1) is 12.4. The van der Waals surface area contributed by atoms with Crippen LogP contribution in [0, 0.1) is 13.8 Å². The summed E-state index contributed by atoms with van der Waals surface area (Å²) in [6, 6.07) is 9.36. The molecule has 1 aromatic carbocycles. The van der Waals surface area contributed by atoms with Crippen molar-refractivity contribution in [3.63, 3.8) is 0 Å². The molecule has 0 atom stereocenters. The number of ether oxygens (including phenoxy) is 1. The molecule has 1 N–H and O–H groups in total. The number of nitrogens with zero attached hydrogens (tertiary/aromatic N) is 3. The quantitative estimate of drug-likeness (QED) is 0.758. The summed E-state index contributed by atoms with van der Waals surface area (Å²) in [6.45, 7) is 4.36. The number of carbonyl (C=O) groups excluding carboxylic acids is 1. The molecule has 0 saturated carbocycles. The zero-order chi connectivity index (χ0) is 18.8. The zero-order valence-electron chi connectivity index (χ0n) is 15.4. The van der Waals surface area contributed by atoms with E-state index in [-0.39, 0.29) is 11.6 Å². The summed E-state index contributed by atoms with van der Waals surface area (Å²) in [7, 11) is 3.46. The summed E-state index contributed by atoms with van der Waals surface area (Å²) in [6.07, 6.45) is 0. The molecule has 2 aromatic heterocycles. The topological polar surface area (TPSA) is 78.2 Å². The first kappa shape index (κ1) is 17.7. The third-order valence-electron chi connectivity index (χ3n) is 4.45. The van der Waals surface area contributed by atoms with Gasteiger partial charge in [0.2, 0.25) is 0 Å². The summed E-state index contributed by atoms with van der Waals surface area (Å²) in [4.78, 5) is 28.4. The van der Waals surface area contributed by atoms with Crippen molar-refractivity contribution in [1.82, 2.24) is 19.4 Å². The highest BCUT2D eigenvalue weighted by Gasteiger charge is 2.14. The van der Waals surface area contributed by atoms with Crippen LogP contribution in [0.5, 0.6) is 5.75 Å². The van der Waals surface area contributed by atoms with E-state index in [4.69, 9.17) is 4.74 Å². The maximum absolute atomic E-state index is 12.5. The Balaban J connectivity index is 1.74. The Morgan fingerprint density at radius 2 is 2.00 bits per heavy atom. The van der Waals surface area contributed by atoms with Crippen LogP contribution in [-0.2, 0) is 13.6 Å². The normalized spacial score (nSPS) is 10.9. The maximum atomic E-state index is 12.5. The van der Waals surface area contributed by atoms with E-state index in [1.54, 1.807) is 18.6 Å². The second-order valence-electron chi connectivity index (χ2n) is 6.24. The lowest BCUT2D eigenvalue weighted by Gasteiger charge is -2.11. The predicted octanol–water partition coefficient (Wildman–Crippen LogP) is 1.79. The van der Waals surface area contributed by atoms with E-state index in [1.165, 1.54) is 0 Å². The number of nitrogens with one attached hydrogen (secondary N) is 1. The van der Waals surface area contributed by atoms with Gasteiger partial charge in [0.05, 0.1) is 7.11 Å². The van der Waals surface area contributed by atoms with Crippen molar-refractivity contribution in [1.29, 1.82) is 0 Å². The smallest absolute Gasteiger partial charge is 0.348 e. The minimum Gasteiger partial charge on any atom is -0.497 e. The van der Waals surface area contributed by atoms with Gasteiger partial charge in [-0.1, -0.05) is 0 Å². The van der Waals surface area contributed by atoms with Crippen LogP contribution in [0.1, 0.15) is 21.9 Å². The molecule has 3 rings (SSSR count). The van der Waals surface area contributed by atoms with Crippen LogP contribution < -0.4 is 15.7 Å². The van der Waals surface area contributed by atoms with Crippen molar-refractivity contribution in [2.45, 2.75) is 20.4 Å². The van der Waals surface area contributed by atoms with Gasteiger partial charge in [-0.3, -0.25) is 9.36 Å². The number of hydrogen-bond donors (Lipinski definition) is 1. The van der Waals surface area contributed by atoms with Gasteiger partial charge >= 0.3 is 5.69 Å². The third kappa shape index (κ3) is 3.33. The van der Waals surface area contributed by atoms with Gasteiger partial charge < -0.3 is 14.6 Å². The second kappa shape index (κ2) is 7.03. The van der Waals surface area contributed by atoms with E-state index < -0.39 is 0 Å². The first-order valence-electron chi connectivity index (χ1n) is 8.37. The fourth-order valence-electron chi connectivity index (χ4n) is 3.09. The van der Waals surface area contributed by atoms with Crippen molar-refractivity contribution in [2.75, 3.05) is 13.7 Å². The molecule has 136 valence electrons. The van der Waals surface area contributed by atoms with Crippen molar-refractivity contribution in [3.8, 4) is 5.75 Å². The van der Waals surface area contributed by atoms with Gasteiger partial charge in [0.1, 0.15) is 11.4 Å². The molecule has 0 fully saturated rings. The molecule has 0 unspecified atom stereocenters. The fraction of sp³-hybridized carbons (Fsp3) is 0.316. The van der Waals surface area contributed by atoms with Crippen LogP contribution in [0.2, 0.25) is 0 Å². The Labute approximate surface area is 151 Å². The fourth-order valence-corrected chi connectivity index (χ4v) is 3.09. The van der Waals surface area contributed by atoms with Crippen LogP contribution >= 0.6 is 0 Å². The van der Waals surface area contributed by atoms with Crippen molar-refractivity contribution in [3.05, 3.63) is 57.9 Å². The summed E-state index contributed by atoms with van der Waals surface area (Å²) >= 11 is 0. The summed E-state index contributed by atoms with van der Waals surface area (Å²) in [5, 5.41) is 3.81. The van der Waals surface area contributed by atoms with Gasteiger partial charge in [0, 0.05) is 42.4 Å². The van der Waals surface area contributed by atoms with E-state index in [1.807, 2.05) is 48.9 Å². The number of hydrogen-bond acceptors (Lipinski definition) is 4. The molecule has 2 heterocycles. The minimum absolute atomic E-state index is 0.187. The maximum Gasteiger partial charge on any atom is 0.348 e. The number of aryl methyl sites for hydroxylation is 3. The number of aromatic nitrogens is 3. The molecule has 7 nitrogen and oxygen atoms in total. The first-order valence-corrected chi connectivity index (χ1v) is 8.37. The molecule has 0 aliphatic carbocycles. The lowest BCUT2D eigenvalue weighted by atomic mass is 10.2. The number of rotatable bonds is 5. The Bertz CT molecular complexity index is 1030. The average Bonchev–Trinajstić information content (AvgIpc) is 2.93. The van der Waals surface area contributed by atoms with E-state index in [2.05, 4.69) is 10.3 Å². The number of benzene rings is 1. The zero-order valence-corrected chi connectivity index (χ0v) is 15.4. The molecule has 0 aliphatic rings. The molecule has 7 heteroatoms. The molecule has 0 aliphatic heterocycles. The molecule has 0 saturated heterocycles. The highest BCUT2D eigenvalue weighted by atomic mass is 16.5. The highest BCUT2D eigenvalue weighted by molar-refractivity contribution is 5.99. The van der Waals surface area contributed by atoms with E-state index in [0.29, 0.717) is 24.5 Å². The Morgan fingerprint density at radius 3 is 2.69 bits per heavy atom. The number of fused-ring (bicyclic) bond motifs is 1. The molecule has 1 amide bonds. The lowest BCUT2D eigenvalue weighted by Crippen LogP contribution is -2.33. The van der Waals surface area contributed by atoms with Crippen LogP contribution in [0.15, 0.2) is 35.1 Å². The molecular formula is C19H22N4O3.